The van der Waals surface area contributed by atoms with Crippen molar-refractivity contribution >= 4 is 15.9 Å². The molecule has 0 saturated heterocycles. The second-order valence-electron chi connectivity index (χ2n) is 5.84. The Balaban J connectivity index is 2.09. The van der Waals surface area contributed by atoms with Crippen molar-refractivity contribution in [2.45, 2.75) is 45.6 Å². The summed E-state index contributed by atoms with van der Waals surface area (Å²) in [5.41, 5.74) is 1.23. The van der Waals surface area contributed by atoms with Crippen molar-refractivity contribution in [2.75, 3.05) is 0 Å². The largest absolute Gasteiger partial charge is 0.386 e. The summed E-state index contributed by atoms with van der Waals surface area (Å²) in [7, 11) is 1.82. The molecule has 0 spiro atoms. The third kappa shape index (κ3) is 2.71. The van der Waals surface area contributed by atoms with Crippen molar-refractivity contribution in [3.63, 3.8) is 0 Å². The van der Waals surface area contributed by atoms with Gasteiger partial charge in [-0.1, -0.05) is 19.1 Å². The summed E-state index contributed by atoms with van der Waals surface area (Å²) in [6, 6.07) is 0. The van der Waals surface area contributed by atoms with Crippen molar-refractivity contribution in [3.05, 3.63) is 10.3 Å². The molecule has 0 bridgehead atoms. The van der Waals surface area contributed by atoms with Gasteiger partial charge >= 0.3 is 0 Å². The molecule has 2 rings (SSSR count). The molecule has 1 atom stereocenters. The van der Waals surface area contributed by atoms with E-state index in [2.05, 4.69) is 40.1 Å². The zero-order valence-electron chi connectivity index (χ0n) is 10.6. The van der Waals surface area contributed by atoms with Crippen molar-refractivity contribution in [3.8, 4) is 0 Å². The molecule has 1 N–H and O–H groups in total. The fourth-order valence-corrected chi connectivity index (χ4v) is 3.18. The minimum Gasteiger partial charge on any atom is -0.386 e. The third-order valence-corrected chi connectivity index (χ3v) is 4.50. The Bertz CT molecular complexity index is 373. The number of hydrogen-bond donors (Lipinski definition) is 1. The van der Waals surface area contributed by atoms with Gasteiger partial charge in [0.2, 0.25) is 0 Å². The summed E-state index contributed by atoms with van der Waals surface area (Å²) in [5, 5.41) is 18.3. The van der Waals surface area contributed by atoms with E-state index in [4.69, 9.17) is 0 Å². The standard InChI is InChI=1S/C12H20BrN3O/c1-12(2)6-4-8(5-7-12)10(17)9-11(13)14-15-16(9)3/h8,10,17H,4-7H2,1-3H3. The second kappa shape index (κ2) is 4.69. The van der Waals surface area contributed by atoms with Crippen molar-refractivity contribution in [1.82, 2.24) is 15.0 Å². The molecule has 1 fully saturated rings. The summed E-state index contributed by atoms with van der Waals surface area (Å²) in [6.07, 6.45) is 4.05. The highest BCUT2D eigenvalue weighted by atomic mass is 79.9. The molecule has 1 heterocycles. The summed E-state index contributed by atoms with van der Waals surface area (Å²) >= 11 is 3.35. The lowest BCUT2D eigenvalue weighted by molar-refractivity contribution is 0.0508. The van der Waals surface area contributed by atoms with Crippen LogP contribution in [-0.4, -0.2) is 20.1 Å². The van der Waals surface area contributed by atoms with Crippen molar-refractivity contribution < 1.29 is 5.11 Å². The molecule has 0 radical (unpaired) electrons. The minimum atomic E-state index is -0.458. The molecule has 17 heavy (non-hydrogen) atoms. The van der Waals surface area contributed by atoms with Crippen LogP contribution in [0.15, 0.2) is 4.60 Å². The summed E-state index contributed by atoms with van der Waals surface area (Å²) in [4.78, 5) is 0. The van der Waals surface area contributed by atoms with Gasteiger partial charge in [-0.2, -0.15) is 0 Å². The Morgan fingerprint density at radius 2 is 2.00 bits per heavy atom. The zero-order valence-corrected chi connectivity index (χ0v) is 12.2. The fourth-order valence-electron chi connectivity index (χ4n) is 2.61. The topological polar surface area (TPSA) is 50.9 Å². The first kappa shape index (κ1) is 13.0. The van der Waals surface area contributed by atoms with Crippen LogP contribution in [0.4, 0.5) is 0 Å². The van der Waals surface area contributed by atoms with E-state index in [1.54, 1.807) is 4.68 Å². The van der Waals surface area contributed by atoms with Crippen molar-refractivity contribution in [2.24, 2.45) is 18.4 Å². The zero-order chi connectivity index (χ0) is 12.6. The molecule has 1 aliphatic carbocycles. The molecule has 5 heteroatoms. The number of aryl methyl sites for hydroxylation is 1. The normalized spacial score (nSPS) is 22.6. The highest BCUT2D eigenvalue weighted by molar-refractivity contribution is 9.10. The smallest absolute Gasteiger partial charge is 0.154 e. The van der Waals surface area contributed by atoms with Gasteiger partial charge in [0.05, 0.1) is 0 Å². The number of aliphatic hydroxyl groups excluding tert-OH is 1. The fraction of sp³-hybridized carbons (Fsp3) is 0.833. The average Bonchev–Trinajstić information content (AvgIpc) is 2.58. The van der Waals surface area contributed by atoms with Crippen molar-refractivity contribution in [1.29, 1.82) is 0 Å². The molecule has 1 aliphatic rings. The van der Waals surface area contributed by atoms with E-state index in [0.717, 1.165) is 18.5 Å². The van der Waals surface area contributed by atoms with E-state index in [-0.39, 0.29) is 0 Å². The summed E-state index contributed by atoms with van der Waals surface area (Å²) in [5.74, 6) is 0.330. The Labute approximate surface area is 111 Å². The first-order valence-corrected chi connectivity index (χ1v) is 6.93. The molecular weight excluding hydrogens is 282 g/mol. The average molecular weight is 302 g/mol. The van der Waals surface area contributed by atoms with Crippen LogP contribution in [0.2, 0.25) is 0 Å². The molecule has 1 saturated carbocycles. The number of nitrogens with zero attached hydrogens (tertiary/aromatic N) is 3. The molecule has 4 nitrogen and oxygen atoms in total. The van der Waals surface area contributed by atoms with Gasteiger partial charge < -0.3 is 5.11 Å². The SMILES string of the molecule is Cn1nnc(Br)c1C(O)C1CCC(C)(C)CC1. The second-order valence-corrected chi connectivity index (χ2v) is 6.59. The van der Waals surface area contributed by atoms with Gasteiger partial charge in [0, 0.05) is 7.05 Å². The van der Waals surface area contributed by atoms with E-state index in [0.29, 0.717) is 15.9 Å². The van der Waals surface area contributed by atoms with Crippen LogP contribution in [-0.2, 0) is 7.05 Å². The number of halogens is 1. The lowest BCUT2D eigenvalue weighted by Crippen LogP contribution is -2.26. The van der Waals surface area contributed by atoms with Gasteiger partial charge in [-0.05, 0) is 52.9 Å². The van der Waals surface area contributed by atoms with Gasteiger partial charge in [0.15, 0.2) is 4.60 Å². The highest BCUT2D eigenvalue weighted by Gasteiger charge is 2.33. The maximum atomic E-state index is 10.4. The Kier molecular flexibility index (Phi) is 3.59. The van der Waals surface area contributed by atoms with E-state index in [1.807, 2.05) is 7.05 Å². The summed E-state index contributed by atoms with van der Waals surface area (Å²) < 4.78 is 2.33. The van der Waals surface area contributed by atoms with Crippen LogP contribution in [0.5, 0.6) is 0 Å². The Morgan fingerprint density at radius 3 is 2.47 bits per heavy atom. The maximum Gasteiger partial charge on any atom is 0.154 e. The van der Waals surface area contributed by atoms with E-state index < -0.39 is 6.10 Å². The molecule has 0 amide bonds. The number of aromatic nitrogens is 3. The lowest BCUT2D eigenvalue weighted by Gasteiger charge is -2.36. The van der Waals surface area contributed by atoms with Crippen LogP contribution in [0.25, 0.3) is 0 Å². The van der Waals surface area contributed by atoms with Gasteiger partial charge in [0.25, 0.3) is 0 Å². The molecule has 1 aromatic heterocycles. The quantitative estimate of drug-likeness (QED) is 0.914. The molecule has 1 aromatic rings. The maximum absolute atomic E-state index is 10.4. The van der Waals surface area contributed by atoms with E-state index >= 15 is 0 Å². The van der Waals surface area contributed by atoms with Crippen LogP contribution in [0, 0.1) is 11.3 Å². The summed E-state index contributed by atoms with van der Waals surface area (Å²) in [6.45, 7) is 4.61. The van der Waals surface area contributed by atoms with Crippen LogP contribution < -0.4 is 0 Å². The molecule has 96 valence electrons. The van der Waals surface area contributed by atoms with Gasteiger partial charge in [-0.15, -0.1) is 5.10 Å². The first-order chi connectivity index (χ1) is 7.91. The molecular formula is C12H20BrN3O. The molecule has 1 unspecified atom stereocenters. The number of rotatable bonds is 2. The Hall–Kier alpha value is -0.420. The van der Waals surface area contributed by atoms with E-state index in [9.17, 15) is 5.11 Å². The van der Waals surface area contributed by atoms with Gasteiger partial charge in [-0.25, -0.2) is 4.68 Å². The van der Waals surface area contributed by atoms with Gasteiger partial charge in [-0.3, -0.25) is 0 Å². The Morgan fingerprint density at radius 1 is 1.41 bits per heavy atom. The van der Waals surface area contributed by atoms with Crippen LogP contribution >= 0.6 is 15.9 Å². The highest BCUT2D eigenvalue weighted by Crippen LogP contribution is 2.43. The monoisotopic (exact) mass is 301 g/mol. The van der Waals surface area contributed by atoms with Gasteiger partial charge in [0.1, 0.15) is 11.8 Å². The van der Waals surface area contributed by atoms with Crippen LogP contribution in [0.3, 0.4) is 0 Å². The van der Waals surface area contributed by atoms with E-state index in [1.165, 1.54) is 12.8 Å². The predicted molar refractivity (Wildman–Crippen MR) is 69.4 cm³/mol. The number of aliphatic hydroxyl groups is 1. The third-order valence-electron chi connectivity index (χ3n) is 3.94. The minimum absolute atomic E-state index is 0.330. The molecule has 0 aromatic carbocycles. The number of hydrogen-bond acceptors (Lipinski definition) is 3. The molecule has 0 aliphatic heterocycles. The predicted octanol–water partition coefficient (Wildman–Crippen LogP) is 2.83. The van der Waals surface area contributed by atoms with Crippen LogP contribution in [0.1, 0.15) is 51.3 Å². The first-order valence-electron chi connectivity index (χ1n) is 6.14. The lowest BCUT2D eigenvalue weighted by atomic mass is 9.71.